The molecule has 0 aliphatic carbocycles. The van der Waals surface area contributed by atoms with Crippen molar-refractivity contribution in [3.05, 3.63) is 93.5 Å². The van der Waals surface area contributed by atoms with Gasteiger partial charge in [0.15, 0.2) is 11.4 Å². The van der Waals surface area contributed by atoms with E-state index in [9.17, 15) is 27.9 Å². The van der Waals surface area contributed by atoms with Gasteiger partial charge >= 0.3 is 12.1 Å². The minimum atomic E-state index is -4.64. The zero-order valence-corrected chi connectivity index (χ0v) is 17.6. The Morgan fingerprint density at radius 3 is 2.47 bits per heavy atom. The quantitative estimate of drug-likeness (QED) is 0.632. The first-order valence-corrected chi connectivity index (χ1v) is 9.87. The molecule has 0 radical (unpaired) electrons. The van der Waals surface area contributed by atoms with Crippen molar-refractivity contribution in [3.63, 3.8) is 0 Å². The number of amidine groups is 1. The molecule has 0 fully saturated rings. The highest BCUT2D eigenvalue weighted by Crippen LogP contribution is 2.30. The number of hydrogen-bond donors (Lipinski definition) is 1. The molecule has 0 saturated carbocycles. The van der Waals surface area contributed by atoms with Gasteiger partial charge in [0.05, 0.1) is 22.9 Å². The molecule has 2 heterocycles. The summed E-state index contributed by atoms with van der Waals surface area (Å²) in [5.41, 5.74) is -1.83. The number of nitriles is 1. The second kappa shape index (κ2) is 8.40. The van der Waals surface area contributed by atoms with Gasteiger partial charge in [-0.05, 0) is 48.5 Å². The van der Waals surface area contributed by atoms with Gasteiger partial charge in [0.2, 0.25) is 0 Å². The Balaban J connectivity index is 1.92. The van der Waals surface area contributed by atoms with Crippen molar-refractivity contribution in [2.75, 3.05) is 11.4 Å². The largest absolute Gasteiger partial charge is 0.477 e. The third kappa shape index (κ3) is 3.86. The number of benzene rings is 2. The second-order valence-corrected chi connectivity index (χ2v) is 7.32. The molecule has 0 amide bonds. The molecule has 11 heteroatoms. The van der Waals surface area contributed by atoms with Crippen LogP contribution < -0.4 is 10.5 Å². The molecule has 0 spiro atoms. The summed E-state index contributed by atoms with van der Waals surface area (Å²) in [6.07, 6.45) is -1.48. The lowest BCUT2D eigenvalue weighted by Gasteiger charge is -2.27. The average Bonchev–Trinajstić information content (AvgIpc) is 3.08. The molecule has 8 nitrogen and oxygen atoms in total. The summed E-state index contributed by atoms with van der Waals surface area (Å²) in [5.74, 6) is -1.42. The summed E-state index contributed by atoms with van der Waals surface area (Å²) in [5, 5.41) is 18.9. The molecule has 0 unspecified atom stereocenters. The Labute approximate surface area is 190 Å². The number of aliphatic imine (C=N–C) groups is 1. The Bertz CT molecular complexity index is 1440. The normalized spacial score (nSPS) is 13.5. The first kappa shape index (κ1) is 22.6. The molecule has 1 N–H and O–H groups in total. The van der Waals surface area contributed by atoms with Gasteiger partial charge in [-0.1, -0.05) is 6.07 Å². The number of aromatic carboxylic acids is 1. The van der Waals surface area contributed by atoms with Crippen LogP contribution in [-0.4, -0.2) is 32.8 Å². The second-order valence-electron chi connectivity index (χ2n) is 7.32. The highest BCUT2D eigenvalue weighted by molar-refractivity contribution is 6.14. The van der Waals surface area contributed by atoms with Crippen molar-refractivity contribution in [2.24, 2.45) is 12.0 Å². The summed E-state index contributed by atoms with van der Waals surface area (Å²) < 4.78 is 41.8. The number of carbonyl (C=O) groups is 1. The van der Waals surface area contributed by atoms with Crippen molar-refractivity contribution in [3.8, 4) is 11.8 Å². The number of anilines is 1. The Kier molecular flexibility index (Phi) is 5.58. The molecule has 172 valence electrons. The van der Waals surface area contributed by atoms with Crippen LogP contribution in [-0.2, 0) is 13.2 Å². The predicted molar refractivity (Wildman–Crippen MR) is 117 cm³/mol. The monoisotopic (exact) mass is 467 g/mol. The predicted octanol–water partition coefficient (Wildman–Crippen LogP) is 3.55. The van der Waals surface area contributed by atoms with Gasteiger partial charge in [0.25, 0.3) is 5.56 Å². The molecule has 0 bridgehead atoms. The van der Waals surface area contributed by atoms with E-state index in [1.165, 1.54) is 24.0 Å². The van der Waals surface area contributed by atoms with Crippen molar-refractivity contribution < 1.29 is 23.1 Å². The van der Waals surface area contributed by atoms with Crippen LogP contribution in [0, 0.1) is 11.3 Å². The Morgan fingerprint density at radius 1 is 1.15 bits per heavy atom. The fraction of sp³-hybridized carbons (Fsp3) is 0.130. The molecule has 0 atom stereocenters. The van der Waals surface area contributed by atoms with E-state index in [1.54, 1.807) is 35.2 Å². The van der Waals surface area contributed by atoms with E-state index in [2.05, 4.69) is 4.99 Å². The minimum absolute atomic E-state index is 0.0800. The zero-order chi connectivity index (χ0) is 24.6. The summed E-state index contributed by atoms with van der Waals surface area (Å²) in [6.45, 7) is 0.284. The number of aromatic nitrogens is 2. The number of halogens is 3. The Morgan fingerprint density at radius 2 is 1.85 bits per heavy atom. The molecule has 4 rings (SSSR count). The maximum atomic E-state index is 13.2. The number of nitrogens with zero attached hydrogens (tertiary/aromatic N) is 5. The van der Waals surface area contributed by atoms with E-state index in [0.29, 0.717) is 11.3 Å². The fourth-order valence-corrected chi connectivity index (χ4v) is 3.72. The first-order chi connectivity index (χ1) is 16.1. The van der Waals surface area contributed by atoms with Crippen LogP contribution in [0.25, 0.3) is 5.69 Å². The van der Waals surface area contributed by atoms with Gasteiger partial charge in [-0.2, -0.15) is 18.4 Å². The number of hydrogen-bond acceptors (Lipinski definition) is 5. The molecular weight excluding hydrogens is 451 g/mol. The third-order valence-corrected chi connectivity index (χ3v) is 5.26. The van der Waals surface area contributed by atoms with Crippen molar-refractivity contribution >= 4 is 17.5 Å². The van der Waals surface area contributed by atoms with Crippen LogP contribution in [0.1, 0.15) is 27.2 Å². The van der Waals surface area contributed by atoms with Gasteiger partial charge in [-0.3, -0.25) is 9.48 Å². The van der Waals surface area contributed by atoms with Crippen LogP contribution in [0.5, 0.6) is 0 Å². The smallest absolute Gasteiger partial charge is 0.416 e. The van der Waals surface area contributed by atoms with Crippen LogP contribution in [0.15, 0.2) is 70.6 Å². The van der Waals surface area contributed by atoms with Crippen molar-refractivity contribution in [1.82, 2.24) is 9.36 Å². The molecule has 0 saturated heterocycles. The molecule has 34 heavy (non-hydrogen) atoms. The van der Waals surface area contributed by atoms with Crippen LogP contribution in [0.2, 0.25) is 0 Å². The lowest BCUT2D eigenvalue weighted by Crippen LogP contribution is -2.36. The average molecular weight is 467 g/mol. The van der Waals surface area contributed by atoms with Crippen LogP contribution >= 0.6 is 0 Å². The van der Waals surface area contributed by atoms with Gasteiger partial charge in [0, 0.05) is 25.5 Å². The van der Waals surface area contributed by atoms with Crippen molar-refractivity contribution in [1.29, 1.82) is 5.26 Å². The maximum absolute atomic E-state index is 13.2. The summed E-state index contributed by atoms with van der Waals surface area (Å²) in [7, 11) is 1.38. The van der Waals surface area contributed by atoms with Gasteiger partial charge in [0.1, 0.15) is 5.69 Å². The minimum Gasteiger partial charge on any atom is -0.477 e. The molecule has 1 aliphatic heterocycles. The summed E-state index contributed by atoms with van der Waals surface area (Å²) in [6, 6.07) is 12.5. The molecule has 3 aromatic rings. The SMILES string of the molecule is Cn1c(C2=NC=CCN2c2ccc(C#N)cc2)c(C(=O)O)c(=O)n1-c1cccc(C(F)(F)F)c1. The highest BCUT2D eigenvalue weighted by Gasteiger charge is 2.33. The van der Waals surface area contributed by atoms with E-state index >= 15 is 0 Å². The molecular formula is C23H16F3N5O3. The van der Waals surface area contributed by atoms with Gasteiger partial charge in [-0.25, -0.2) is 14.5 Å². The summed E-state index contributed by atoms with van der Waals surface area (Å²) >= 11 is 0. The van der Waals surface area contributed by atoms with E-state index in [-0.39, 0.29) is 23.8 Å². The van der Waals surface area contributed by atoms with E-state index in [1.807, 2.05) is 6.07 Å². The number of rotatable bonds is 4. The number of alkyl halides is 3. The van der Waals surface area contributed by atoms with Gasteiger partial charge in [-0.15, -0.1) is 0 Å². The number of carboxylic acids is 1. The summed E-state index contributed by atoms with van der Waals surface area (Å²) in [4.78, 5) is 31.2. The molecule has 2 aromatic carbocycles. The lowest BCUT2D eigenvalue weighted by molar-refractivity contribution is -0.137. The zero-order valence-electron chi connectivity index (χ0n) is 17.6. The van der Waals surface area contributed by atoms with E-state index < -0.39 is 28.8 Å². The van der Waals surface area contributed by atoms with Crippen molar-refractivity contribution in [2.45, 2.75) is 6.18 Å². The van der Waals surface area contributed by atoms with E-state index in [4.69, 9.17) is 5.26 Å². The Hall–Kier alpha value is -4.59. The standard InChI is InChI=1S/C23H16F3N5O3/c1-29-19(20-28-10-3-11-30(20)16-8-6-14(13-27)7-9-16)18(22(33)34)21(32)31(29)17-5-2-4-15(12-17)23(24,25)26/h2-10,12H,11H2,1H3,(H,33,34). The number of carboxylic acid groups (broad SMARTS) is 1. The fourth-order valence-electron chi connectivity index (χ4n) is 3.72. The molecule has 1 aromatic heterocycles. The van der Waals surface area contributed by atoms with E-state index in [0.717, 1.165) is 22.9 Å². The first-order valence-electron chi connectivity index (χ1n) is 9.87. The maximum Gasteiger partial charge on any atom is 0.416 e. The van der Waals surface area contributed by atoms with Gasteiger partial charge < -0.3 is 10.0 Å². The third-order valence-electron chi connectivity index (χ3n) is 5.26. The van der Waals surface area contributed by atoms with Crippen LogP contribution in [0.3, 0.4) is 0 Å². The lowest BCUT2D eigenvalue weighted by atomic mass is 10.1. The topological polar surface area (TPSA) is 104 Å². The van der Waals surface area contributed by atoms with Crippen LogP contribution in [0.4, 0.5) is 18.9 Å². The highest BCUT2D eigenvalue weighted by atomic mass is 19.4. The molecule has 1 aliphatic rings.